The Kier molecular flexibility index (Phi) is 4.13. The molecule has 15 heavy (non-hydrogen) atoms. The standard InChI is InChI=1S/C10H20N2S.C2H6/c1-9-5-4-6-12(13)10(9,2)8-11(3)7-9;1-2/h13H,4-8H2,1-3H3;1-2H3. The summed E-state index contributed by atoms with van der Waals surface area (Å²) < 4.78 is 2.26. The van der Waals surface area contributed by atoms with Gasteiger partial charge in [0.05, 0.1) is 0 Å². The second-order valence-corrected chi connectivity index (χ2v) is 5.72. The number of hydrogen-bond acceptors (Lipinski definition) is 3. The van der Waals surface area contributed by atoms with Gasteiger partial charge in [0.25, 0.3) is 0 Å². The normalized spacial score (nSPS) is 42.0. The third kappa shape index (κ3) is 2.06. The molecule has 0 bridgehead atoms. The van der Waals surface area contributed by atoms with Crippen LogP contribution in [-0.4, -0.2) is 41.4 Å². The third-order valence-electron chi connectivity index (χ3n) is 4.17. The second kappa shape index (κ2) is 4.64. The molecule has 3 heteroatoms. The van der Waals surface area contributed by atoms with Crippen molar-refractivity contribution >= 4 is 12.8 Å². The van der Waals surface area contributed by atoms with Gasteiger partial charge >= 0.3 is 0 Å². The Labute approximate surface area is 101 Å². The van der Waals surface area contributed by atoms with E-state index >= 15 is 0 Å². The Balaban J connectivity index is 0.000000531. The molecular formula is C12H26N2S. The van der Waals surface area contributed by atoms with Crippen molar-refractivity contribution in [3.63, 3.8) is 0 Å². The minimum absolute atomic E-state index is 0.281. The topological polar surface area (TPSA) is 6.48 Å². The molecular weight excluding hydrogens is 204 g/mol. The molecule has 0 aromatic carbocycles. The van der Waals surface area contributed by atoms with Crippen molar-refractivity contribution in [1.82, 2.24) is 9.21 Å². The van der Waals surface area contributed by atoms with Crippen LogP contribution in [0.2, 0.25) is 0 Å². The second-order valence-electron chi connectivity index (χ2n) is 5.23. The van der Waals surface area contributed by atoms with Crippen LogP contribution in [0.1, 0.15) is 40.5 Å². The fourth-order valence-electron chi connectivity index (χ4n) is 3.15. The quantitative estimate of drug-likeness (QED) is 0.639. The predicted octanol–water partition coefficient (Wildman–Crippen LogP) is 2.66. The van der Waals surface area contributed by atoms with Gasteiger partial charge in [-0.15, -0.1) is 0 Å². The van der Waals surface area contributed by atoms with Crippen LogP contribution in [-0.2, 0) is 0 Å². The number of rotatable bonds is 0. The number of likely N-dealkylation sites (tertiary alicyclic amines) is 1. The average molecular weight is 230 g/mol. The van der Waals surface area contributed by atoms with E-state index in [0.29, 0.717) is 5.41 Å². The van der Waals surface area contributed by atoms with Gasteiger partial charge in [-0.2, -0.15) is 0 Å². The highest BCUT2D eigenvalue weighted by Crippen LogP contribution is 2.49. The Bertz CT molecular complexity index is 222. The smallest absolute Gasteiger partial charge is 0.0475 e. The number of hydrogen-bond donors (Lipinski definition) is 1. The minimum atomic E-state index is 0.281. The molecule has 2 heterocycles. The van der Waals surface area contributed by atoms with Crippen LogP contribution in [0.25, 0.3) is 0 Å². The molecule has 0 amide bonds. The zero-order valence-electron chi connectivity index (χ0n) is 10.9. The molecule has 0 aromatic rings. The van der Waals surface area contributed by atoms with E-state index in [0.717, 1.165) is 13.1 Å². The van der Waals surface area contributed by atoms with Crippen molar-refractivity contribution < 1.29 is 0 Å². The SMILES string of the molecule is CC.CN1CC2(C)CCCN(S)C2(C)C1. The van der Waals surface area contributed by atoms with Gasteiger partial charge in [-0.3, -0.25) is 0 Å². The number of nitrogens with zero attached hydrogens (tertiary/aromatic N) is 2. The first-order valence-corrected chi connectivity index (χ1v) is 6.53. The summed E-state index contributed by atoms with van der Waals surface area (Å²) in [6, 6.07) is 0. The van der Waals surface area contributed by atoms with Crippen molar-refractivity contribution in [2.24, 2.45) is 5.41 Å². The maximum atomic E-state index is 4.62. The van der Waals surface area contributed by atoms with Gasteiger partial charge in [-0.05, 0) is 26.8 Å². The maximum Gasteiger partial charge on any atom is 0.0475 e. The Morgan fingerprint density at radius 1 is 1.13 bits per heavy atom. The largest absolute Gasteiger partial charge is 0.304 e. The summed E-state index contributed by atoms with van der Waals surface area (Å²) in [6.45, 7) is 12.3. The number of piperidine rings is 1. The van der Waals surface area contributed by atoms with Gasteiger partial charge in [0.2, 0.25) is 0 Å². The fourth-order valence-corrected chi connectivity index (χ4v) is 3.59. The van der Waals surface area contributed by atoms with E-state index in [2.05, 4.69) is 42.9 Å². The fraction of sp³-hybridized carbons (Fsp3) is 1.00. The summed E-state index contributed by atoms with van der Waals surface area (Å²) in [7, 11) is 2.22. The molecule has 0 N–H and O–H groups in total. The van der Waals surface area contributed by atoms with Gasteiger partial charge < -0.3 is 4.90 Å². The average Bonchev–Trinajstić information content (AvgIpc) is 2.41. The van der Waals surface area contributed by atoms with Gasteiger partial charge in [-0.1, -0.05) is 33.6 Å². The number of thiol groups is 1. The molecule has 0 spiro atoms. The summed E-state index contributed by atoms with van der Waals surface area (Å²) in [5, 5.41) is 0. The summed E-state index contributed by atoms with van der Waals surface area (Å²) in [5.41, 5.74) is 0.727. The number of likely N-dealkylation sites (N-methyl/N-ethyl adjacent to an activating group) is 1. The van der Waals surface area contributed by atoms with Gasteiger partial charge in [0.1, 0.15) is 0 Å². The van der Waals surface area contributed by atoms with Crippen molar-refractivity contribution in [3.05, 3.63) is 0 Å². The van der Waals surface area contributed by atoms with Crippen LogP contribution >= 0.6 is 12.8 Å². The predicted molar refractivity (Wildman–Crippen MR) is 70.3 cm³/mol. The minimum Gasteiger partial charge on any atom is -0.304 e. The monoisotopic (exact) mass is 230 g/mol. The molecule has 0 radical (unpaired) electrons. The molecule has 2 unspecified atom stereocenters. The van der Waals surface area contributed by atoms with Crippen molar-refractivity contribution in [2.45, 2.75) is 46.1 Å². The van der Waals surface area contributed by atoms with E-state index in [9.17, 15) is 0 Å². The molecule has 2 rings (SSSR count). The third-order valence-corrected chi connectivity index (χ3v) is 4.81. The first-order valence-electron chi connectivity index (χ1n) is 6.13. The maximum absolute atomic E-state index is 4.62. The molecule has 0 aromatic heterocycles. The van der Waals surface area contributed by atoms with Gasteiger partial charge in [0.15, 0.2) is 0 Å². The Morgan fingerprint density at radius 2 is 1.73 bits per heavy atom. The lowest BCUT2D eigenvalue weighted by atomic mass is 9.69. The molecule has 90 valence electrons. The van der Waals surface area contributed by atoms with Crippen LogP contribution in [0.4, 0.5) is 0 Å². The van der Waals surface area contributed by atoms with E-state index in [1.54, 1.807) is 0 Å². The molecule has 2 nitrogen and oxygen atoms in total. The van der Waals surface area contributed by atoms with E-state index in [1.807, 2.05) is 13.8 Å². The highest BCUT2D eigenvalue weighted by Gasteiger charge is 2.55. The molecule has 0 aliphatic carbocycles. The van der Waals surface area contributed by atoms with Crippen molar-refractivity contribution in [2.75, 3.05) is 26.7 Å². The highest BCUT2D eigenvalue weighted by molar-refractivity contribution is 7.77. The molecule has 2 aliphatic rings. The zero-order chi connectivity index (χ0) is 11.7. The lowest BCUT2D eigenvalue weighted by molar-refractivity contribution is 0.0551. The van der Waals surface area contributed by atoms with Gasteiger partial charge in [0, 0.05) is 30.6 Å². The molecule has 2 fully saturated rings. The van der Waals surface area contributed by atoms with Crippen molar-refractivity contribution in [3.8, 4) is 0 Å². The van der Waals surface area contributed by atoms with Crippen LogP contribution in [0, 0.1) is 5.41 Å². The highest BCUT2D eigenvalue weighted by atomic mass is 32.1. The Morgan fingerprint density at radius 3 is 2.27 bits per heavy atom. The van der Waals surface area contributed by atoms with E-state index in [4.69, 9.17) is 0 Å². The summed E-state index contributed by atoms with van der Waals surface area (Å²) in [4.78, 5) is 2.44. The van der Waals surface area contributed by atoms with Crippen LogP contribution in [0.3, 0.4) is 0 Å². The molecule has 2 aliphatic heterocycles. The summed E-state index contributed by atoms with van der Waals surface area (Å²) in [5.74, 6) is 0. The lowest BCUT2D eigenvalue weighted by Gasteiger charge is -2.49. The lowest BCUT2D eigenvalue weighted by Crippen LogP contribution is -2.56. The van der Waals surface area contributed by atoms with E-state index in [-0.39, 0.29) is 5.54 Å². The van der Waals surface area contributed by atoms with E-state index < -0.39 is 0 Å². The van der Waals surface area contributed by atoms with Crippen LogP contribution in [0.15, 0.2) is 0 Å². The summed E-state index contributed by atoms with van der Waals surface area (Å²) in [6.07, 6.45) is 2.65. The molecule has 2 atom stereocenters. The zero-order valence-corrected chi connectivity index (χ0v) is 11.8. The van der Waals surface area contributed by atoms with Crippen molar-refractivity contribution in [1.29, 1.82) is 0 Å². The summed E-state index contributed by atoms with van der Waals surface area (Å²) >= 11 is 4.62. The van der Waals surface area contributed by atoms with E-state index in [1.165, 1.54) is 19.4 Å². The molecule has 0 saturated carbocycles. The first kappa shape index (κ1) is 13.3. The molecule has 2 saturated heterocycles. The Hall–Kier alpha value is 0.270. The van der Waals surface area contributed by atoms with Crippen LogP contribution < -0.4 is 0 Å². The van der Waals surface area contributed by atoms with Crippen LogP contribution in [0.5, 0.6) is 0 Å². The first-order chi connectivity index (χ1) is 6.98. The number of fused-ring (bicyclic) bond motifs is 1. The van der Waals surface area contributed by atoms with Gasteiger partial charge in [-0.25, -0.2) is 4.31 Å².